The van der Waals surface area contributed by atoms with Crippen LogP contribution in [-0.4, -0.2) is 36.7 Å². The van der Waals surface area contributed by atoms with Crippen LogP contribution in [0.15, 0.2) is 24.3 Å². The largest absolute Gasteiger partial charge is 0.467 e. The van der Waals surface area contributed by atoms with E-state index in [2.05, 4.69) is 10.6 Å². The molecule has 0 saturated heterocycles. The van der Waals surface area contributed by atoms with Crippen LogP contribution in [0.2, 0.25) is 0 Å². The fourth-order valence-electron chi connectivity index (χ4n) is 1.95. The third-order valence-electron chi connectivity index (χ3n) is 2.89. The molecule has 0 aliphatic carbocycles. The third kappa shape index (κ3) is 7.13. The number of methoxy groups -OCH3 is 1. The normalized spacial score (nSPS) is 12.0. The zero-order valence-electron chi connectivity index (χ0n) is 14.6. The number of anilines is 1. The Bertz CT molecular complexity index is 590. The van der Waals surface area contributed by atoms with E-state index in [4.69, 9.17) is 9.47 Å². The van der Waals surface area contributed by atoms with Gasteiger partial charge in [0, 0.05) is 19.0 Å². The monoisotopic (exact) mass is 336 g/mol. The Morgan fingerprint density at radius 3 is 2.17 bits per heavy atom. The summed E-state index contributed by atoms with van der Waals surface area (Å²) in [4.78, 5) is 34.8. The van der Waals surface area contributed by atoms with Gasteiger partial charge in [0.05, 0.1) is 7.11 Å². The Balaban J connectivity index is 2.77. The molecule has 132 valence electrons. The second kappa shape index (κ2) is 8.33. The second-order valence-corrected chi connectivity index (χ2v) is 6.30. The summed E-state index contributed by atoms with van der Waals surface area (Å²) in [6.07, 6.45) is -0.445. The summed E-state index contributed by atoms with van der Waals surface area (Å²) in [5, 5.41) is 5.17. The summed E-state index contributed by atoms with van der Waals surface area (Å²) in [7, 11) is 1.26. The number of nitrogens with one attached hydrogen (secondary N) is 2. The van der Waals surface area contributed by atoms with Gasteiger partial charge < -0.3 is 20.1 Å². The molecule has 0 fully saturated rings. The van der Waals surface area contributed by atoms with Crippen molar-refractivity contribution >= 4 is 23.7 Å². The van der Waals surface area contributed by atoms with E-state index in [1.807, 2.05) is 0 Å². The molecule has 2 N–H and O–H groups in total. The molecule has 0 aliphatic rings. The molecule has 1 atom stereocenters. The van der Waals surface area contributed by atoms with Crippen molar-refractivity contribution in [3.05, 3.63) is 29.8 Å². The number of amides is 2. The molecule has 0 saturated carbocycles. The number of ether oxygens (including phenoxy) is 2. The maximum absolute atomic E-state index is 11.9. The van der Waals surface area contributed by atoms with E-state index in [1.165, 1.54) is 14.0 Å². The summed E-state index contributed by atoms with van der Waals surface area (Å²) >= 11 is 0. The van der Waals surface area contributed by atoms with Crippen molar-refractivity contribution in [3.8, 4) is 0 Å². The SMILES string of the molecule is COC(=O)[C@H](Cc1ccc(NC(C)=O)cc1)NC(=O)OC(C)(C)C. The van der Waals surface area contributed by atoms with Crippen LogP contribution < -0.4 is 10.6 Å². The first kappa shape index (κ1) is 19.5. The number of alkyl carbamates (subject to hydrolysis) is 1. The first-order valence-electron chi connectivity index (χ1n) is 7.54. The first-order valence-corrected chi connectivity index (χ1v) is 7.54. The molecule has 0 radical (unpaired) electrons. The zero-order chi connectivity index (χ0) is 18.3. The van der Waals surface area contributed by atoms with Gasteiger partial charge in [0.1, 0.15) is 11.6 Å². The number of carbonyl (C=O) groups excluding carboxylic acids is 3. The molecule has 0 aromatic heterocycles. The van der Waals surface area contributed by atoms with Crippen molar-refractivity contribution in [2.75, 3.05) is 12.4 Å². The van der Waals surface area contributed by atoms with Crippen LogP contribution in [0.5, 0.6) is 0 Å². The van der Waals surface area contributed by atoms with Crippen LogP contribution in [0.4, 0.5) is 10.5 Å². The van der Waals surface area contributed by atoms with Crippen molar-refractivity contribution in [2.45, 2.75) is 45.8 Å². The van der Waals surface area contributed by atoms with Crippen molar-refractivity contribution in [2.24, 2.45) is 0 Å². The van der Waals surface area contributed by atoms with E-state index >= 15 is 0 Å². The van der Waals surface area contributed by atoms with Crippen LogP contribution >= 0.6 is 0 Å². The predicted molar refractivity (Wildman–Crippen MR) is 89.6 cm³/mol. The fourth-order valence-corrected chi connectivity index (χ4v) is 1.95. The van der Waals surface area contributed by atoms with Gasteiger partial charge >= 0.3 is 12.1 Å². The highest BCUT2D eigenvalue weighted by atomic mass is 16.6. The molecule has 1 aromatic carbocycles. The molecule has 7 heteroatoms. The van der Waals surface area contributed by atoms with Gasteiger partial charge in [-0.05, 0) is 38.5 Å². The summed E-state index contributed by atoms with van der Waals surface area (Å²) in [6.45, 7) is 6.63. The van der Waals surface area contributed by atoms with Crippen LogP contribution in [0.1, 0.15) is 33.3 Å². The van der Waals surface area contributed by atoms with Gasteiger partial charge in [0.2, 0.25) is 5.91 Å². The molecule has 2 amide bonds. The number of benzene rings is 1. The standard InChI is InChI=1S/C17H24N2O5/c1-11(20)18-13-8-6-12(7-9-13)10-14(15(21)23-5)19-16(22)24-17(2,3)4/h6-9,14H,10H2,1-5H3,(H,18,20)(H,19,22)/t14-/m0/s1. The summed E-state index contributed by atoms with van der Waals surface area (Å²) in [6, 6.07) is 6.10. The molecule has 7 nitrogen and oxygen atoms in total. The van der Waals surface area contributed by atoms with E-state index < -0.39 is 23.7 Å². The van der Waals surface area contributed by atoms with Gasteiger partial charge in [-0.3, -0.25) is 4.79 Å². The van der Waals surface area contributed by atoms with Crippen molar-refractivity contribution < 1.29 is 23.9 Å². The molecule has 1 rings (SSSR count). The molecule has 0 bridgehead atoms. The lowest BCUT2D eigenvalue weighted by Gasteiger charge is -2.22. The van der Waals surface area contributed by atoms with Gasteiger partial charge in [0.25, 0.3) is 0 Å². The fraction of sp³-hybridized carbons (Fsp3) is 0.471. The average Bonchev–Trinajstić information content (AvgIpc) is 2.45. The highest BCUT2D eigenvalue weighted by Gasteiger charge is 2.25. The molecule has 0 aliphatic heterocycles. The minimum atomic E-state index is -0.864. The van der Waals surface area contributed by atoms with E-state index in [9.17, 15) is 14.4 Å². The Morgan fingerprint density at radius 2 is 1.71 bits per heavy atom. The minimum Gasteiger partial charge on any atom is -0.467 e. The van der Waals surface area contributed by atoms with Crippen LogP contribution in [0.25, 0.3) is 0 Å². The number of rotatable bonds is 5. The van der Waals surface area contributed by atoms with Crippen molar-refractivity contribution in [1.82, 2.24) is 5.32 Å². The molecule has 0 heterocycles. The van der Waals surface area contributed by atoms with Crippen molar-refractivity contribution in [1.29, 1.82) is 0 Å². The lowest BCUT2D eigenvalue weighted by atomic mass is 10.1. The van der Waals surface area contributed by atoms with Gasteiger partial charge in [-0.25, -0.2) is 9.59 Å². The zero-order valence-corrected chi connectivity index (χ0v) is 14.6. The Hall–Kier alpha value is -2.57. The molecular weight excluding hydrogens is 312 g/mol. The smallest absolute Gasteiger partial charge is 0.408 e. The highest BCUT2D eigenvalue weighted by molar-refractivity contribution is 5.88. The molecule has 0 spiro atoms. The summed E-state index contributed by atoms with van der Waals surface area (Å²) < 4.78 is 9.88. The number of hydrogen-bond acceptors (Lipinski definition) is 5. The average molecular weight is 336 g/mol. The number of esters is 1. The number of hydrogen-bond donors (Lipinski definition) is 2. The summed E-state index contributed by atoms with van der Waals surface area (Å²) in [5.74, 6) is -0.728. The molecule has 0 unspecified atom stereocenters. The highest BCUT2D eigenvalue weighted by Crippen LogP contribution is 2.13. The lowest BCUT2D eigenvalue weighted by molar-refractivity contribution is -0.143. The van der Waals surface area contributed by atoms with E-state index in [1.54, 1.807) is 45.0 Å². The minimum absolute atomic E-state index is 0.165. The Labute approximate surface area is 141 Å². The second-order valence-electron chi connectivity index (χ2n) is 6.30. The van der Waals surface area contributed by atoms with Gasteiger partial charge in [0.15, 0.2) is 0 Å². The van der Waals surface area contributed by atoms with Crippen LogP contribution in [0.3, 0.4) is 0 Å². The third-order valence-corrected chi connectivity index (χ3v) is 2.89. The summed E-state index contributed by atoms with van der Waals surface area (Å²) in [5.41, 5.74) is 0.793. The Kier molecular flexibility index (Phi) is 6.76. The number of carbonyl (C=O) groups is 3. The maximum Gasteiger partial charge on any atom is 0.408 e. The van der Waals surface area contributed by atoms with Crippen molar-refractivity contribution in [3.63, 3.8) is 0 Å². The predicted octanol–water partition coefficient (Wildman–Crippen LogP) is 2.25. The first-order chi connectivity index (χ1) is 11.1. The quantitative estimate of drug-likeness (QED) is 0.804. The van der Waals surface area contributed by atoms with E-state index in [0.717, 1.165) is 5.56 Å². The van der Waals surface area contributed by atoms with Gasteiger partial charge in [-0.15, -0.1) is 0 Å². The van der Waals surface area contributed by atoms with E-state index in [0.29, 0.717) is 5.69 Å². The van der Waals surface area contributed by atoms with Gasteiger partial charge in [-0.1, -0.05) is 12.1 Å². The van der Waals surface area contributed by atoms with Crippen LogP contribution in [-0.2, 0) is 25.5 Å². The lowest BCUT2D eigenvalue weighted by Crippen LogP contribution is -2.45. The topological polar surface area (TPSA) is 93.7 Å². The van der Waals surface area contributed by atoms with Crippen LogP contribution in [0, 0.1) is 0 Å². The van der Waals surface area contributed by atoms with Gasteiger partial charge in [-0.2, -0.15) is 0 Å². The van der Waals surface area contributed by atoms with E-state index in [-0.39, 0.29) is 12.3 Å². The Morgan fingerprint density at radius 1 is 1.12 bits per heavy atom. The maximum atomic E-state index is 11.9. The molecule has 1 aromatic rings. The molecular formula is C17H24N2O5. The molecule has 24 heavy (non-hydrogen) atoms.